The van der Waals surface area contributed by atoms with Crippen LogP contribution >= 0.6 is 0 Å². The fourth-order valence-electron chi connectivity index (χ4n) is 2.56. The summed E-state index contributed by atoms with van der Waals surface area (Å²) < 4.78 is 0. The maximum atomic E-state index is 9.35. The lowest BCUT2D eigenvalue weighted by Gasteiger charge is -2.28. The molecule has 0 unspecified atom stereocenters. The minimum absolute atomic E-state index is 0.0562. The van der Waals surface area contributed by atoms with Gasteiger partial charge in [-0.3, -0.25) is 0 Å². The summed E-state index contributed by atoms with van der Waals surface area (Å²) in [5.74, 6) is 0. The molecule has 0 aliphatic carbocycles. The lowest BCUT2D eigenvalue weighted by Crippen LogP contribution is -2.33. The van der Waals surface area contributed by atoms with Crippen molar-refractivity contribution in [3.05, 3.63) is 48.0 Å². The van der Waals surface area contributed by atoms with Gasteiger partial charge in [0.1, 0.15) is 0 Å². The Bertz CT molecular complexity index is 542. The number of hydrogen-bond acceptors (Lipinski definition) is 2. The molecular formula is C17H23NO. The highest BCUT2D eigenvalue weighted by atomic mass is 16.3. The summed E-state index contributed by atoms with van der Waals surface area (Å²) in [4.78, 5) is 2.28. The molecule has 0 bridgehead atoms. The maximum Gasteiger partial charge on any atom is 0.0494 e. The molecule has 0 amide bonds. The lowest BCUT2D eigenvalue weighted by molar-refractivity contribution is 0.113. The van der Waals surface area contributed by atoms with Gasteiger partial charge in [0, 0.05) is 25.1 Å². The molecular weight excluding hydrogens is 234 g/mol. The van der Waals surface area contributed by atoms with Gasteiger partial charge in [-0.15, -0.1) is 0 Å². The highest BCUT2D eigenvalue weighted by Crippen LogP contribution is 2.21. The van der Waals surface area contributed by atoms with Crippen LogP contribution in [0, 0.1) is 5.41 Å². The predicted molar refractivity (Wildman–Crippen MR) is 81.1 cm³/mol. The first-order chi connectivity index (χ1) is 9.02. The second kappa shape index (κ2) is 5.72. The predicted octanol–water partition coefficient (Wildman–Crippen LogP) is 3.29. The van der Waals surface area contributed by atoms with Crippen LogP contribution in [0.15, 0.2) is 42.5 Å². The highest BCUT2D eigenvalue weighted by Gasteiger charge is 2.19. The third-order valence-electron chi connectivity index (χ3n) is 3.45. The van der Waals surface area contributed by atoms with Crippen LogP contribution in [0.5, 0.6) is 0 Å². The molecule has 0 aromatic heterocycles. The molecule has 2 aromatic carbocycles. The van der Waals surface area contributed by atoms with Gasteiger partial charge >= 0.3 is 0 Å². The van der Waals surface area contributed by atoms with Crippen molar-refractivity contribution >= 4 is 10.8 Å². The largest absolute Gasteiger partial charge is 0.396 e. The summed E-state index contributed by atoms with van der Waals surface area (Å²) in [6.45, 7) is 6.18. The second-order valence-corrected chi connectivity index (χ2v) is 6.13. The minimum atomic E-state index is -0.0562. The molecule has 0 saturated carbocycles. The first kappa shape index (κ1) is 14.0. The van der Waals surface area contributed by atoms with Gasteiger partial charge in [0.05, 0.1) is 0 Å². The van der Waals surface area contributed by atoms with Gasteiger partial charge in [-0.1, -0.05) is 56.3 Å². The summed E-state index contributed by atoms with van der Waals surface area (Å²) in [6.07, 6.45) is 0. The molecule has 2 aromatic rings. The molecule has 2 heteroatoms. The van der Waals surface area contributed by atoms with E-state index in [2.05, 4.69) is 68.3 Å². The quantitative estimate of drug-likeness (QED) is 0.888. The van der Waals surface area contributed by atoms with Crippen molar-refractivity contribution in [2.24, 2.45) is 5.41 Å². The summed E-state index contributed by atoms with van der Waals surface area (Å²) in [5, 5.41) is 12.0. The molecule has 0 atom stereocenters. The standard InChI is InChI=1S/C17H23NO/c1-17(2,13-19)12-18(3)11-15-9-6-8-14-7-4-5-10-16(14)15/h4-10,19H,11-13H2,1-3H3. The third-order valence-corrected chi connectivity index (χ3v) is 3.45. The van der Waals surface area contributed by atoms with Crippen LogP contribution in [0.4, 0.5) is 0 Å². The van der Waals surface area contributed by atoms with Crippen molar-refractivity contribution in [1.29, 1.82) is 0 Å². The van der Waals surface area contributed by atoms with Crippen molar-refractivity contribution in [2.75, 3.05) is 20.2 Å². The zero-order valence-corrected chi connectivity index (χ0v) is 12.1. The van der Waals surface area contributed by atoms with Crippen LogP contribution in [-0.2, 0) is 6.54 Å². The van der Waals surface area contributed by atoms with Crippen molar-refractivity contribution in [3.63, 3.8) is 0 Å². The Morgan fingerprint density at radius 1 is 1.05 bits per heavy atom. The van der Waals surface area contributed by atoms with Crippen LogP contribution in [0.3, 0.4) is 0 Å². The van der Waals surface area contributed by atoms with Crippen molar-refractivity contribution in [2.45, 2.75) is 20.4 Å². The van der Waals surface area contributed by atoms with E-state index in [1.54, 1.807) is 0 Å². The topological polar surface area (TPSA) is 23.5 Å². The molecule has 2 nitrogen and oxygen atoms in total. The van der Waals surface area contributed by atoms with E-state index in [1.807, 2.05) is 0 Å². The zero-order valence-electron chi connectivity index (χ0n) is 12.1. The molecule has 102 valence electrons. The van der Waals surface area contributed by atoms with Crippen LogP contribution in [0.2, 0.25) is 0 Å². The van der Waals surface area contributed by atoms with Crippen molar-refractivity contribution < 1.29 is 5.11 Å². The average Bonchev–Trinajstić information content (AvgIpc) is 2.38. The molecule has 0 spiro atoms. The van der Waals surface area contributed by atoms with Gasteiger partial charge < -0.3 is 10.0 Å². The number of hydrogen-bond donors (Lipinski definition) is 1. The summed E-state index contributed by atoms with van der Waals surface area (Å²) >= 11 is 0. The smallest absolute Gasteiger partial charge is 0.0494 e. The average molecular weight is 257 g/mol. The minimum Gasteiger partial charge on any atom is -0.396 e. The molecule has 19 heavy (non-hydrogen) atoms. The Morgan fingerprint density at radius 2 is 1.74 bits per heavy atom. The normalized spacial score (nSPS) is 12.3. The van der Waals surface area contributed by atoms with Crippen LogP contribution in [0.25, 0.3) is 10.8 Å². The Balaban J connectivity index is 2.17. The molecule has 2 rings (SSSR count). The fraction of sp³-hybridized carbons (Fsp3) is 0.412. The molecule has 0 fully saturated rings. The first-order valence-corrected chi connectivity index (χ1v) is 6.78. The molecule has 0 radical (unpaired) electrons. The fourth-order valence-corrected chi connectivity index (χ4v) is 2.56. The van der Waals surface area contributed by atoms with Gasteiger partial charge in [0.25, 0.3) is 0 Å². The van der Waals surface area contributed by atoms with Gasteiger partial charge in [-0.05, 0) is 23.4 Å². The number of nitrogens with zero attached hydrogens (tertiary/aromatic N) is 1. The van der Waals surface area contributed by atoms with Gasteiger partial charge in [0.2, 0.25) is 0 Å². The van der Waals surface area contributed by atoms with Crippen LogP contribution < -0.4 is 0 Å². The van der Waals surface area contributed by atoms with E-state index < -0.39 is 0 Å². The van der Waals surface area contributed by atoms with E-state index in [9.17, 15) is 5.11 Å². The van der Waals surface area contributed by atoms with E-state index in [1.165, 1.54) is 16.3 Å². The summed E-state index contributed by atoms with van der Waals surface area (Å²) in [7, 11) is 2.11. The van der Waals surface area contributed by atoms with Crippen molar-refractivity contribution in [1.82, 2.24) is 4.90 Å². The highest BCUT2D eigenvalue weighted by molar-refractivity contribution is 5.85. The Kier molecular flexibility index (Phi) is 4.23. The van der Waals surface area contributed by atoms with Gasteiger partial charge in [0.15, 0.2) is 0 Å². The molecule has 0 aliphatic heterocycles. The third kappa shape index (κ3) is 3.55. The Morgan fingerprint density at radius 3 is 2.47 bits per heavy atom. The van der Waals surface area contributed by atoms with E-state index in [0.717, 1.165) is 13.1 Å². The molecule has 0 saturated heterocycles. The number of benzene rings is 2. The number of rotatable bonds is 5. The summed E-state index contributed by atoms with van der Waals surface area (Å²) in [6, 6.07) is 14.9. The van der Waals surface area contributed by atoms with Crippen molar-refractivity contribution in [3.8, 4) is 0 Å². The Hall–Kier alpha value is -1.38. The maximum absolute atomic E-state index is 9.35. The lowest BCUT2D eigenvalue weighted by atomic mass is 9.94. The van der Waals surface area contributed by atoms with E-state index >= 15 is 0 Å². The monoisotopic (exact) mass is 257 g/mol. The van der Waals surface area contributed by atoms with E-state index in [0.29, 0.717) is 0 Å². The first-order valence-electron chi connectivity index (χ1n) is 6.78. The SMILES string of the molecule is CN(Cc1cccc2ccccc12)CC(C)(C)CO. The zero-order chi connectivity index (χ0) is 13.9. The van der Waals surface area contributed by atoms with Gasteiger partial charge in [-0.25, -0.2) is 0 Å². The molecule has 1 N–H and O–H groups in total. The second-order valence-electron chi connectivity index (χ2n) is 6.13. The molecule has 0 heterocycles. The van der Waals surface area contributed by atoms with Crippen LogP contribution in [-0.4, -0.2) is 30.2 Å². The van der Waals surface area contributed by atoms with Crippen LogP contribution in [0.1, 0.15) is 19.4 Å². The van der Waals surface area contributed by atoms with E-state index in [4.69, 9.17) is 0 Å². The molecule has 0 aliphatic rings. The number of aliphatic hydroxyl groups is 1. The van der Waals surface area contributed by atoms with Gasteiger partial charge in [-0.2, -0.15) is 0 Å². The summed E-state index contributed by atoms with van der Waals surface area (Å²) in [5.41, 5.74) is 1.29. The number of aliphatic hydroxyl groups excluding tert-OH is 1. The number of fused-ring (bicyclic) bond motifs is 1. The Labute approximate surface area is 115 Å². The van der Waals surface area contributed by atoms with E-state index in [-0.39, 0.29) is 12.0 Å².